The largest absolute Gasteiger partial charge is 0.315 e. The molecule has 2 aliphatic rings. The van der Waals surface area contributed by atoms with Crippen LogP contribution in [0.2, 0.25) is 0 Å². The van der Waals surface area contributed by atoms with Gasteiger partial charge in [-0.1, -0.05) is 6.42 Å². The average molecular weight is 146 g/mol. The fraction of sp³-hybridized carbons (Fsp3) is 1.00. The first-order valence-electron chi connectivity index (χ1n) is 3.71. The van der Waals surface area contributed by atoms with Gasteiger partial charge in [-0.05, 0) is 25.3 Å². The van der Waals surface area contributed by atoms with Crippen LogP contribution in [0.5, 0.6) is 0 Å². The van der Waals surface area contributed by atoms with E-state index in [0.29, 0.717) is 0 Å². The van der Waals surface area contributed by atoms with Crippen molar-refractivity contribution in [3.8, 4) is 0 Å². The third-order valence-electron chi connectivity index (χ3n) is 2.69. The van der Waals surface area contributed by atoms with Gasteiger partial charge in [-0.15, -0.1) is 11.6 Å². The first kappa shape index (κ1) is 5.99. The summed E-state index contributed by atoms with van der Waals surface area (Å²) >= 11 is 6.31. The first-order valence-corrected chi connectivity index (χ1v) is 4.09. The number of nitrogens with one attached hydrogen (secondary N) is 1. The molecule has 0 aromatic rings. The monoisotopic (exact) mass is 145 g/mol. The Morgan fingerprint density at radius 1 is 1.56 bits per heavy atom. The molecular formula is C7H12ClN. The lowest BCUT2D eigenvalue weighted by atomic mass is 10.00. The molecule has 2 fully saturated rings. The third kappa shape index (κ3) is 0.786. The Balaban J connectivity index is 2.17. The van der Waals surface area contributed by atoms with Crippen LogP contribution >= 0.6 is 11.6 Å². The summed E-state index contributed by atoms with van der Waals surface area (Å²) in [6.07, 6.45) is 3.92. The minimum atomic E-state index is 0.167. The molecule has 0 aromatic heterocycles. The van der Waals surface area contributed by atoms with E-state index < -0.39 is 0 Å². The van der Waals surface area contributed by atoms with E-state index in [1.807, 2.05) is 0 Å². The lowest BCUT2D eigenvalue weighted by Gasteiger charge is -2.17. The zero-order valence-electron chi connectivity index (χ0n) is 5.49. The second-order valence-electron chi connectivity index (χ2n) is 3.25. The van der Waals surface area contributed by atoms with Gasteiger partial charge in [0.2, 0.25) is 0 Å². The molecule has 2 unspecified atom stereocenters. The number of halogens is 1. The summed E-state index contributed by atoms with van der Waals surface area (Å²) in [5.74, 6) is 0.777. The number of hydrogen-bond acceptors (Lipinski definition) is 1. The van der Waals surface area contributed by atoms with E-state index in [1.54, 1.807) is 0 Å². The van der Waals surface area contributed by atoms with Crippen molar-refractivity contribution in [3.05, 3.63) is 0 Å². The number of alkyl halides is 1. The molecule has 0 spiro atoms. The molecule has 1 N–H and O–H groups in total. The molecule has 1 saturated carbocycles. The molecular weight excluding hydrogens is 134 g/mol. The Morgan fingerprint density at radius 2 is 2.44 bits per heavy atom. The van der Waals surface area contributed by atoms with Gasteiger partial charge in [0, 0.05) is 6.54 Å². The highest BCUT2D eigenvalue weighted by molar-refractivity contribution is 6.24. The zero-order chi connectivity index (χ0) is 6.32. The average Bonchev–Trinajstić information content (AvgIpc) is 2.22. The predicted octanol–water partition coefficient (Wildman–Crippen LogP) is 1.37. The van der Waals surface area contributed by atoms with Crippen molar-refractivity contribution >= 4 is 11.6 Å². The second-order valence-corrected chi connectivity index (χ2v) is 4.01. The number of fused-ring (bicyclic) bond motifs is 1. The molecule has 2 atom stereocenters. The van der Waals surface area contributed by atoms with Gasteiger partial charge in [-0.3, -0.25) is 0 Å². The minimum Gasteiger partial charge on any atom is -0.315 e. The van der Waals surface area contributed by atoms with Gasteiger partial charge in [0.25, 0.3) is 0 Å². The van der Waals surface area contributed by atoms with Crippen LogP contribution in [0.25, 0.3) is 0 Å². The van der Waals surface area contributed by atoms with E-state index in [9.17, 15) is 0 Å². The Hall–Kier alpha value is 0.250. The fourth-order valence-electron chi connectivity index (χ4n) is 2.08. The van der Waals surface area contributed by atoms with E-state index in [0.717, 1.165) is 19.0 Å². The molecule has 1 heterocycles. The molecule has 1 nitrogen and oxygen atoms in total. The molecule has 0 amide bonds. The van der Waals surface area contributed by atoms with Crippen LogP contribution in [0.1, 0.15) is 19.3 Å². The highest BCUT2D eigenvalue weighted by Gasteiger charge is 2.44. The van der Waals surface area contributed by atoms with E-state index in [-0.39, 0.29) is 4.87 Å². The van der Waals surface area contributed by atoms with Crippen LogP contribution in [-0.2, 0) is 0 Å². The molecule has 52 valence electrons. The maximum Gasteiger partial charge on any atom is 0.0610 e. The van der Waals surface area contributed by atoms with Crippen LogP contribution in [-0.4, -0.2) is 18.0 Å². The van der Waals surface area contributed by atoms with Crippen molar-refractivity contribution < 1.29 is 0 Å². The van der Waals surface area contributed by atoms with Crippen molar-refractivity contribution in [2.24, 2.45) is 5.92 Å². The van der Waals surface area contributed by atoms with Crippen LogP contribution in [0.3, 0.4) is 0 Å². The minimum absolute atomic E-state index is 0.167. The Morgan fingerprint density at radius 3 is 3.22 bits per heavy atom. The van der Waals surface area contributed by atoms with Gasteiger partial charge in [0.05, 0.1) is 4.87 Å². The summed E-state index contributed by atoms with van der Waals surface area (Å²) in [7, 11) is 0. The van der Waals surface area contributed by atoms with Crippen LogP contribution < -0.4 is 5.32 Å². The Bertz CT molecular complexity index is 114. The van der Waals surface area contributed by atoms with Crippen LogP contribution in [0, 0.1) is 5.92 Å². The van der Waals surface area contributed by atoms with E-state index in [2.05, 4.69) is 5.32 Å². The Kier molecular flexibility index (Phi) is 1.24. The topological polar surface area (TPSA) is 12.0 Å². The van der Waals surface area contributed by atoms with E-state index in [4.69, 9.17) is 11.6 Å². The SMILES string of the molecule is ClC12CCCC1CNC2. The maximum atomic E-state index is 6.31. The molecule has 1 saturated heterocycles. The van der Waals surface area contributed by atoms with Gasteiger partial charge in [0.15, 0.2) is 0 Å². The van der Waals surface area contributed by atoms with Gasteiger partial charge in [0.1, 0.15) is 0 Å². The highest BCUT2D eigenvalue weighted by atomic mass is 35.5. The smallest absolute Gasteiger partial charge is 0.0610 e. The zero-order valence-corrected chi connectivity index (χ0v) is 6.25. The molecule has 2 rings (SSSR count). The lowest BCUT2D eigenvalue weighted by Crippen LogP contribution is -2.25. The van der Waals surface area contributed by atoms with Crippen molar-refractivity contribution in [2.45, 2.75) is 24.1 Å². The van der Waals surface area contributed by atoms with Crippen molar-refractivity contribution in [1.82, 2.24) is 5.32 Å². The summed E-state index contributed by atoms with van der Waals surface area (Å²) in [4.78, 5) is 0.167. The summed E-state index contributed by atoms with van der Waals surface area (Å²) in [6, 6.07) is 0. The highest BCUT2D eigenvalue weighted by Crippen LogP contribution is 2.42. The predicted molar refractivity (Wildman–Crippen MR) is 38.8 cm³/mol. The number of rotatable bonds is 0. The normalized spacial score (nSPS) is 49.7. The van der Waals surface area contributed by atoms with Crippen LogP contribution in [0.15, 0.2) is 0 Å². The molecule has 1 aliphatic heterocycles. The van der Waals surface area contributed by atoms with E-state index >= 15 is 0 Å². The third-order valence-corrected chi connectivity index (χ3v) is 3.32. The standard InChI is InChI=1S/C7H12ClN/c8-7-3-1-2-6(7)4-9-5-7/h6,9H,1-5H2. The van der Waals surface area contributed by atoms with Crippen LogP contribution in [0.4, 0.5) is 0 Å². The summed E-state index contributed by atoms with van der Waals surface area (Å²) < 4.78 is 0. The second kappa shape index (κ2) is 1.86. The van der Waals surface area contributed by atoms with Gasteiger partial charge in [-0.2, -0.15) is 0 Å². The van der Waals surface area contributed by atoms with Gasteiger partial charge < -0.3 is 5.32 Å². The van der Waals surface area contributed by atoms with E-state index in [1.165, 1.54) is 19.3 Å². The van der Waals surface area contributed by atoms with Gasteiger partial charge >= 0.3 is 0 Å². The number of hydrogen-bond donors (Lipinski definition) is 1. The van der Waals surface area contributed by atoms with Crippen molar-refractivity contribution in [3.63, 3.8) is 0 Å². The molecule has 1 aliphatic carbocycles. The van der Waals surface area contributed by atoms with Gasteiger partial charge in [-0.25, -0.2) is 0 Å². The fourth-order valence-corrected chi connectivity index (χ4v) is 2.49. The maximum absolute atomic E-state index is 6.31. The van der Waals surface area contributed by atoms with Crippen molar-refractivity contribution in [1.29, 1.82) is 0 Å². The summed E-state index contributed by atoms with van der Waals surface area (Å²) in [6.45, 7) is 2.20. The summed E-state index contributed by atoms with van der Waals surface area (Å²) in [5, 5.41) is 3.33. The first-order chi connectivity index (χ1) is 4.31. The summed E-state index contributed by atoms with van der Waals surface area (Å²) in [5.41, 5.74) is 0. The Labute approximate surface area is 60.8 Å². The molecule has 9 heavy (non-hydrogen) atoms. The molecule has 0 aromatic carbocycles. The molecule has 2 heteroatoms. The molecule has 0 bridgehead atoms. The van der Waals surface area contributed by atoms with Crippen molar-refractivity contribution in [2.75, 3.05) is 13.1 Å². The molecule has 0 radical (unpaired) electrons. The lowest BCUT2D eigenvalue weighted by molar-refractivity contribution is 0.530. The quantitative estimate of drug-likeness (QED) is 0.508.